The molecule has 1 fully saturated rings. The summed E-state index contributed by atoms with van der Waals surface area (Å²) in [6.45, 7) is 2.47. The first-order chi connectivity index (χ1) is 12.6. The molecule has 1 N–H and O–H groups in total. The van der Waals surface area contributed by atoms with Crippen LogP contribution in [-0.4, -0.2) is 45.3 Å². The first kappa shape index (κ1) is 17.9. The zero-order chi connectivity index (χ0) is 18.5. The first-order valence-electron chi connectivity index (χ1n) is 8.21. The van der Waals surface area contributed by atoms with E-state index in [1.807, 2.05) is 4.90 Å². The van der Waals surface area contributed by atoms with Gasteiger partial charge in [0.05, 0.1) is 37.1 Å². The molecule has 0 bridgehead atoms. The number of nitrogens with zero attached hydrogens (tertiary/aromatic N) is 1. The highest BCUT2D eigenvalue weighted by Gasteiger charge is 2.20. The van der Waals surface area contributed by atoms with Crippen LogP contribution >= 0.6 is 0 Å². The maximum absolute atomic E-state index is 13.8. The molecule has 0 aromatic heterocycles. The van der Waals surface area contributed by atoms with Gasteiger partial charge in [0.15, 0.2) is 0 Å². The molecular weight excluding hydrogens is 339 g/mol. The van der Waals surface area contributed by atoms with Gasteiger partial charge in [-0.15, -0.1) is 0 Å². The Labute approximate surface area is 150 Å². The highest BCUT2D eigenvalue weighted by Crippen LogP contribution is 2.26. The molecule has 6 nitrogen and oxygen atoms in total. The van der Waals surface area contributed by atoms with Crippen molar-refractivity contribution in [1.29, 1.82) is 0 Å². The molecular formula is C19H19FN2O4. The van der Waals surface area contributed by atoms with E-state index in [1.165, 1.54) is 31.4 Å². The summed E-state index contributed by atoms with van der Waals surface area (Å²) < 4.78 is 24.0. The second-order valence-corrected chi connectivity index (χ2v) is 5.76. The summed E-state index contributed by atoms with van der Waals surface area (Å²) >= 11 is 0. The van der Waals surface area contributed by atoms with Crippen LogP contribution in [0.3, 0.4) is 0 Å². The van der Waals surface area contributed by atoms with Gasteiger partial charge in [0.25, 0.3) is 5.91 Å². The van der Waals surface area contributed by atoms with Crippen molar-refractivity contribution < 1.29 is 23.5 Å². The zero-order valence-corrected chi connectivity index (χ0v) is 14.3. The van der Waals surface area contributed by atoms with Crippen LogP contribution in [0.2, 0.25) is 0 Å². The van der Waals surface area contributed by atoms with Crippen LogP contribution in [0.1, 0.15) is 20.7 Å². The van der Waals surface area contributed by atoms with Crippen molar-refractivity contribution in [2.75, 3.05) is 43.6 Å². The summed E-state index contributed by atoms with van der Waals surface area (Å²) in [5, 5.41) is 2.62. The highest BCUT2D eigenvalue weighted by molar-refractivity contribution is 6.05. The van der Waals surface area contributed by atoms with Gasteiger partial charge in [0.2, 0.25) is 0 Å². The number of hydrogen-bond acceptors (Lipinski definition) is 5. The normalized spacial score (nSPS) is 14.0. The number of carbonyl (C=O) groups is 2. The minimum Gasteiger partial charge on any atom is -0.465 e. The number of benzene rings is 2. The summed E-state index contributed by atoms with van der Waals surface area (Å²) in [6, 6.07) is 10.7. The number of anilines is 2. The average molecular weight is 358 g/mol. The van der Waals surface area contributed by atoms with Crippen molar-refractivity contribution in [2.45, 2.75) is 0 Å². The van der Waals surface area contributed by atoms with Crippen LogP contribution in [0.25, 0.3) is 0 Å². The fraction of sp³-hybridized carbons (Fsp3) is 0.263. The van der Waals surface area contributed by atoms with E-state index in [4.69, 9.17) is 9.47 Å². The lowest BCUT2D eigenvalue weighted by Crippen LogP contribution is -2.37. The van der Waals surface area contributed by atoms with E-state index >= 15 is 0 Å². The van der Waals surface area contributed by atoms with Gasteiger partial charge >= 0.3 is 5.97 Å². The Balaban J connectivity index is 1.87. The largest absolute Gasteiger partial charge is 0.465 e. The summed E-state index contributed by atoms with van der Waals surface area (Å²) in [5.74, 6) is -1.70. The predicted octanol–water partition coefficient (Wildman–Crippen LogP) is 2.70. The molecule has 2 aromatic rings. The van der Waals surface area contributed by atoms with Gasteiger partial charge in [-0.2, -0.15) is 0 Å². The molecule has 2 aromatic carbocycles. The molecule has 136 valence electrons. The first-order valence-corrected chi connectivity index (χ1v) is 8.21. The number of nitrogens with one attached hydrogen (secondary N) is 1. The maximum Gasteiger partial charge on any atom is 0.340 e. The van der Waals surface area contributed by atoms with Crippen molar-refractivity contribution in [2.24, 2.45) is 0 Å². The lowest BCUT2D eigenvalue weighted by atomic mass is 10.1. The lowest BCUT2D eigenvalue weighted by molar-refractivity contribution is 0.0600. The van der Waals surface area contributed by atoms with Crippen LogP contribution in [0, 0.1) is 5.82 Å². The molecule has 1 aliphatic rings. The Morgan fingerprint density at radius 3 is 2.54 bits per heavy atom. The number of hydrogen-bond donors (Lipinski definition) is 1. The van der Waals surface area contributed by atoms with Gasteiger partial charge in [-0.05, 0) is 30.3 Å². The molecule has 0 atom stereocenters. The van der Waals surface area contributed by atoms with Crippen molar-refractivity contribution in [3.8, 4) is 0 Å². The molecule has 0 aliphatic carbocycles. The summed E-state index contributed by atoms with van der Waals surface area (Å²) in [4.78, 5) is 26.5. The van der Waals surface area contributed by atoms with Crippen LogP contribution < -0.4 is 10.2 Å². The topological polar surface area (TPSA) is 67.9 Å². The molecule has 7 heteroatoms. The minimum atomic E-state index is -0.608. The van der Waals surface area contributed by atoms with Gasteiger partial charge in [-0.3, -0.25) is 4.79 Å². The highest BCUT2D eigenvalue weighted by atomic mass is 19.1. The van der Waals surface area contributed by atoms with E-state index in [9.17, 15) is 14.0 Å². The quantitative estimate of drug-likeness (QED) is 0.851. The maximum atomic E-state index is 13.8. The van der Waals surface area contributed by atoms with Gasteiger partial charge in [0, 0.05) is 18.8 Å². The average Bonchev–Trinajstić information content (AvgIpc) is 2.68. The minimum absolute atomic E-state index is 0.0654. The van der Waals surface area contributed by atoms with Gasteiger partial charge < -0.3 is 19.7 Å². The number of esters is 1. The summed E-state index contributed by atoms with van der Waals surface area (Å²) in [5.41, 5.74) is 1.37. The van der Waals surface area contributed by atoms with Gasteiger partial charge in [0.1, 0.15) is 5.82 Å². The Kier molecular flexibility index (Phi) is 5.48. The number of rotatable bonds is 4. The Morgan fingerprint density at radius 1 is 1.12 bits per heavy atom. The molecule has 0 saturated carbocycles. The van der Waals surface area contributed by atoms with Crippen molar-refractivity contribution in [3.63, 3.8) is 0 Å². The van der Waals surface area contributed by atoms with Crippen molar-refractivity contribution in [3.05, 3.63) is 59.4 Å². The molecule has 0 unspecified atom stereocenters. The Hall–Kier alpha value is -2.93. The molecule has 26 heavy (non-hydrogen) atoms. The predicted molar refractivity (Wildman–Crippen MR) is 95.2 cm³/mol. The molecule has 3 rings (SSSR count). The van der Waals surface area contributed by atoms with E-state index in [0.717, 1.165) is 0 Å². The number of ether oxygens (including phenoxy) is 2. The molecule has 1 heterocycles. The zero-order valence-electron chi connectivity index (χ0n) is 14.3. The second-order valence-electron chi connectivity index (χ2n) is 5.76. The lowest BCUT2D eigenvalue weighted by Gasteiger charge is -2.30. The molecule has 1 amide bonds. The van der Waals surface area contributed by atoms with E-state index < -0.39 is 17.7 Å². The van der Waals surface area contributed by atoms with Gasteiger partial charge in [-0.1, -0.05) is 12.1 Å². The SMILES string of the molecule is COC(=O)c1cc(NC(=O)c2ccccc2F)ccc1N1CCOCC1. The number of methoxy groups -OCH3 is 1. The fourth-order valence-corrected chi connectivity index (χ4v) is 2.81. The summed E-state index contributed by atoms with van der Waals surface area (Å²) in [7, 11) is 1.30. The molecule has 0 radical (unpaired) electrons. The number of morpholine rings is 1. The second kappa shape index (κ2) is 7.97. The van der Waals surface area contributed by atoms with Gasteiger partial charge in [-0.25, -0.2) is 9.18 Å². The molecule has 1 saturated heterocycles. The third-order valence-corrected chi connectivity index (χ3v) is 4.13. The standard InChI is InChI=1S/C19H19FN2O4/c1-25-19(24)15-12-13(6-7-17(15)22-8-10-26-11-9-22)21-18(23)14-4-2-3-5-16(14)20/h2-7,12H,8-11H2,1H3,(H,21,23). The van der Waals surface area contributed by atoms with E-state index in [0.29, 0.717) is 43.2 Å². The molecule has 0 spiro atoms. The number of halogens is 1. The summed E-state index contributed by atoms with van der Waals surface area (Å²) in [6.07, 6.45) is 0. The van der Waals surface area contributed by atoms with Crippen LogP contribution in [0.4, 0.5) is 15.8 Å². The van der Waals surface area contributed by atoms with Crippen molar-refractivity contribution in [1.82, 2.24) is 0 Å². The van der Waals surface area contributed by atoms with Crippen molar-refractivity contribution >= 4 is 23.3 Å². The smallest absolute Gasteiger partial charge is 0.340 e. The third kappa shape index (κ3) is 3.83. The van der Waals surface area contributed by atoms with Crippen LogP contribution in [0.5, 0.6) is 0 Å². The van der Waals surface area contributed by atoms with E-state index in [-0.39, 0.29) is 5.56 Å². The number of amides is 1. The monoisotopic (exact) mass is 358 g/mol. The van der Waals surface area contributed by atoms with E-state index in [1.54, 1.807) is 18.2 Å². The molecule has 1 aliphatic heterocycles. The third-order valence-electron chi connectivity index (χ3n) is 4.13. The van der Waals surface area contributed by atoms with E-state index in [2.05, 4.69) is 5.32 Å². The fourth-order valence-electron chi connectivity index (χ4n) is 2.81. The van der Waals surface area contributed by atoms with Crippen LogP contribution in [-0.2, 0) is 9.47 Å². The van der Waals surface area contributed by atoms with Crippen LogP contribution in [0.15, 0.2) is 42.5 Å². The Morgan fingerprint density at radius 2 is 1.85 bits per heavy atom. The Bertz CT molecular complexity index is 819. The number of carbonyl (C=O) groups excluding carboxylic acids is 2.